The molecule has 12 rings (SSSR count). The zero-order valence-electron chi connectivity index (χ0n) is 40.0. The number of aromatic nitrogens is 3. The summed E-state index contributed by atoms with van der Waals surface area (Å²) in [6, 6.07) is 84.0. The Hall–Kier alpha value is -9.77. The minimum Gasteiger partial charge on any atom is -0.311 e. The van der Waals surface area contributed by atoms with Crippen LogP contribution in [0.4, 0.5) is 17.1 Å². The second-order valence-electron chi connectivity index (χ2n) is 18.1. The minimum atomic E-state index is 0.967. The highest BCUT2D eigenvalue weighted by atomic mass is 15.1. The first-order chi connectivity index (χ1) is 36.1. The van der Waals surface area contributed by atoms with Crippen LogP contribution in [0.2, 0.25) is 0 Å². The van der Waals surface area contributed by atoms with E-state index in [4.69, 9.17) is 0 Å². The van der Waals surface area contributed by atoms with Crippen molar-refractivity contribution in [2.75, 3.05) is 4.90 Å². The van der Waals surface area contributed by atoms with E-state index in [-0.39, 0.29) is 0 Å². The predicted molar refractivity (Wildman–Crippen MR) is 309 cm³/mol. The molecular weight excluding hydrogens is 885 g/mol. The van der Waals surface area contributed by atoms with E-state index in [9.17, 15) is 0 Å². The molecule has 9 aromatic carbocycles. The second kappa shape index (κ2) is 20.3. The Bertz CT molecular complexity index is 3530. The van der Waals surface area contributed by atoms with Gasteiger partial charge in [0.2, 0.25) is 0 Å². The third-order valence-electron chi connectivity index (χ3n) is 13.5. The van der Waals surface area contributed by atoms with E-state index in [1.54, 1.807) is 0 Å². The van der Waals surface area contributed by atoms with E-state index < -0.39 is 0 Å². The van der Waals surface area contributed by atoms with Crippen molar-refractivity contribution in [2.45, 2.75) is 0 Å². The summed E-state index contributed by atoms with van der Waals surface area (Å²) in [6.45, 7) is 0. The number of hydrogen-bond donors (Lipinski definition) is 0. The van der Waals surface area contributed by atoms with Crippen molar-refractivity contribution < 1.29 is 0 Å². The molecule has 12 aromatic rings. The van der Waals surface area contributed by atoms with Crippen LogP contribution in [0.15, 0.2) is 255 Å². The quantitative estimate of drug-likeness (QED) is 0.122. The second-order valence-corrected chi connectivity index (χ2v) is 18.1. The zero-order chi connectivity index (χ0) is 48.8. The highest BCUT2D eigenvalue weighted by molar-refractivity contribution is 5.93. The standard InChI is InChI=1S/C69H48N4/c1-4-10-64-58(7-1)43-46-70-67(64)40-19-49-13-22-52(23-14-49)55-28-34-61(35-29-55)73(62-36-30-56(31-37-62)53-24-15-50(16-25-53)20-41-68-65-11-5-2-8-59(65)44-47-71-68)63-38-32-57(33-39-63)54-26-17-51(18-27-54)21-42-69-66-12-6-3-9-60(66)45-48-72-69/h1-48H. The molecule has 0 aliphatic rings. The lowest BCUT2D eigenvalue weighted by atomic mass is 10.0. The van der Waals surface area contributed by atoms with Gasteiger partial charge in [0.25, 0.3) is 0 Å². The molecule has 344 valence electrons. The van der Waals surface area contributed by atoms with Gasteiger partial charge >= 0.3 is 0 Å². The number of benzene rings is 9. The van der Waals surface area contributed by atoms with Crippen LogP contribution in [0.25, 0.3) is 102 Å². The molecule has 0 fully saturated rings. The molecule has 0 amide bonds. The molecule has 0 aliphatic carbocycles. The zero-order valence-corrected chi connectivity index (χ0v) is 40.0. The van der Waals surface area contributed by atoms with Crippen LogP contribution >= 0.6 is 0 Å². The van der Waals surface area contributed by atoms with Gasteiger partial charge in [0.1, 0.15) is 0 Å². The lowest BCUT2D eigenvalue weighted by molar-refractivity contribution is 1.28. The van der Waals surface area contributed by atoms with E-state index in [0.717, 1.165) is 100 Å². The Morgan fingerprint density at radius 1 is 0.233 bits per heavy atom. The number of nitrogens with zero attached hydrogens (tertiary/aromatic N) is 4. The van der Waals surface area contributed by atoms with Crippen LogP contribution in [-0.2, 0) is 0 Å². The third-order valence-corrected chi connectivity index (χ3v) is 13.5. The van der Waals surface area contributed by atoms with E-state index >= 15 is 0 Å². The van der Waals surface area contributed by atoms with Crippen molar-refractivity contribution in [2.24, 2.45) is 0 Å². The Morgan fingerprint density at radius 3 is 0.753 bits per heavy atom. The highest BCUT2D eigenvalue weighted by Gasteiger charge is 2.14. The lowest BCUT2D eigenvalue weighted by Crippen LogP contribution is -2.09. The summed E-state index contributed by atoms with van der Waals surface area (Å²) in [6.07, 6.45) is 18.3. The van der Waals surface area contributed by atoms with Crippen LogP contribution < -0.4 is 4.90 Å². The molecule has 0 unspecified atom stereocenters. The molecule has 4 nitrogen and oxygen atoms in total. The molecule has 0 radical (unpaired) electrons. The van der Waals surface area contributed by atoms with Crippen LogP contribution in [-0.4, -0.2) is 15.0 Å². The molecule has 0 bridgehead atoms. The number of rotatable bonds is 12. The van der Waals surface area contributed by atoms with E-state index in [1.165, 1.54) is 16.2 Å². The third kappa shape index (κ3) is 9.74. The lowest BCUT2D eigenvalue weighted by Gasteiger charge is -2.26. The number of pyridine rings is 3. The van der Waals surface area contributed by atoms with Gasteiger partial charge in [0, 0.05) is 51.8 Å². The summed E-state index contributed by atoms with van der Waals surface area (Å²) in [7, 11) is 0. The molecule has 0 saturated heterocycles. The first-order valence-corrected chi connectivity index (χ1v) is 24.6. The van der Waals surface area contributed by atoms with Crippen LogP contribution in [0.1, 0.15) is 33.8 Å². The van der Waals surface area contributed by atoms with Crippen LogP contribution in [0, 0.1) is 0 Å². The van der Waals surface area contributed by atoms with Gasteiger partial charge in [-0.25, -0.2) is 0 Å². The fourth-order valence-corrected chi connectivity index (χ4v) is 9.57. The van der Waals surface area contributed by atoms with Crippen LogP contribution in [0.5, 0.6) is 0 Å². The maximum absolute atomic E-state index is 4.64. The van der Waals surface area contributed by atoms with E-state index in [1.807, 2.05) is 18.6 Å². The Balaban J connectivity index is 0.800. The molecule has 0 N–H and O–H groups in total. The molecule has 0 aliphatic heterocycles. The summed E-state index contributed by atoms with van der Waals surface area (Å²) < 4.78 is 0. The first kappa shape index (κ1) is 44.4. The molecule has 3 aromatic heterocycles. The maximum Gasteiger partial charge on any atom is 0.0708 e. The Kier molecular flexibility index (Phi) is 12.4. The maximum atomic E-state index is 4.64. The monoisotopic (exact) mass is 932 g/mol. The first-order valence-electron chi connectivity index (χ1n) is 24.6. The summed E-state index contributed by atoms with van der Waals surface area (Å²) in [5.41, 5.74) is 16.4. The number of fused-ring (bicyclic) bond motifs is 3. The smallest absolute Gasteiger partial charge is 0.0708 e. The minimum absolute atomic E-state index is 0.967. The number of hydrogen-bond acceptors (Lipinski definition) is 4. The Morgan fingerprint density at radius 2 is 0.479 bits per heavy atom. The Labute approximate surface area is 425 Å². The van der Waals surface area contributed by atoms with Gasteiger partial charge in [0.05, 0.1) is 17.1 Å². The van der Waals surface area contributed by atoms with Crippen molar-refractivity contribution in [3.8, 4) is 33.4 Å². The molecule has 3 heterocycles. The molecule has 73 heavy (non-hydrogen) atoms. The van der Waals surface area contributed by atoms with Crippen LogP contribution in [0.3, 0.4) is 0 Å². The molecule has 0 atom stereocenters. The summed E-state index contributed by atoms with van der Waals surface area (Å²) in [5, 5.41) is 7.00. The molecular formula is C69H48N4. The van der Waals surface area contributed by atoms with Gasteiger partial charge in [0.15, 0.2) is 0 Å². The van der Waals surface area contributed by atoms with E-state index in [0.29, 0.717) is 0 Å². The van der Waals surface area contributed by atoms with Gasteiger partial charge in [-0.1, -0.05) is 200 Å². The topological polar surface area (TPSA) is 41.9 Å². The van der Waals surface area contributed by atoms with Crippen molar-refractivity contribution in [3.05, 3.63) is 289 Å². The average molecular weight is 933 g/mol. The predicted octanol–water partition coefficient (Wildman–Crippen LogP) is 18.3. The molecule has 4 heteroatoms. The average Bonchev–Trinajstić information content (AvgIpc) is 3.46. The highest BCUT2D eigenvalue weighted by Crippen LogP contribution is 2.38. The van der Waals surface area contributed by atoms with E-state index in [2.05, 4.69) is 293 Å². The van der Waals surface area contributed by atoms with Gasteiger partial charge in [-0.3, -0.25) is 15.0 Å². The van der Waals surface area contributed by atoms with Crippen molar-refractivity contribution in [3.63, 3.8) is 0 Å². The van der Waals surface area contributed by atoms with Gasteiger partial charge in [-0.05, 0) is 139 Å². The summed E-state index contributed by atoms with van der Waals surface area (Å²) >= 11 is 0. The molecule has 0 saturated carbocycles. The SMILES string of the molecule is C(=Cc1nccc2ccccc12)c1ccc(-c2ccc(N(c3ccc(-c4ccc(C=Cc5nccc6ccccc56)cc4)cc3)c3ccc(-c4ccc(C=Cc5nccc6ccccc56)cc4)cc3)cc2)cc1. The number of anilines is 3. The van der Waals surface area contributed by atoms with Crippen molar-refractivity contribution in [1.82, 2.24) is 15.0 Å². The normalized spacial score (nSPS) is 11.7. The molecule has 0 spiro atoms. The fourth-order valence-electron chi connectivity index (χ4n) is 9.57. The largest absolute Gasteiger partial charge is 0.311 e. The van der Waals surface area contributed by atoms with Crippen molar-refractivity contribution >= 4 is 85.8 Å². The van der Waals surface area contributed by atoms with Gasteiger partial charge < -0.3 is 4.90 Å². The fraction of sp³-hybridized carbons (Fsp3) is 0. The van der Waals surface area contributed by atoms with Gasteiger partial charge in [-0.15, -0.1) is 0 Å². The summed E-state index contributed by atoms with van der Waals surface area (Å²) in [4.78, 5) is 16.2. The van der Waals surface area contributed by atoms with Crippen molar-refractivity contribution in [1.29, 1.82) is 0 Å². The van der Waals surface area contributed by atoms with Gasteiger partial charge in [-0.2, -0.15) is 0 Å². The summed E-state index contributed by atoms with van der Waals surface area (Å²) in [5.74, 6) is 0.